The summed E-state index contributed by atoms with van der Waals surface area (Å²) in [5.74, 6) is 0. The van der Waals surface area contributed by atoms with E-state index in [1.807, 2.05) is 24.7 Å². The summed E-state index contributed by atoms with van der Waals surface area (Å²) in [4.78, 5) is 13.8. The van der Waals surface area contributed by atoms with E-state index in [-0.39, 0.29) is 18.2 Å². The second kappa shape index (κ2) is 6.05. The van der Waals surface area contributed by atoms with Gasteiger partial charge in [-0.25, -0.2) is 4.79 Å². The first-order chi connectivity index (χ1) is 10.1. The zero-order chi connectivity index (χ0) is 14.8. The summed E-state index contributed by atoms with van der Waals surface area (Å²) < 4.78 is 7.64. The molecular formula is C15H24N4O2. The Hall–Kier alpha value is -1.56. The maximum absolute atomic E-state index is 12.1. The Morgan fingerprint density at radius 3 is 2.76 bits per heavy atom. The lowest BCUT2D eigenvalue weighted by Gasteiger charge is -2.39. The lowest BCUT2D eigenvalue weighted by molar-refractivity contribution is -0.0624. The molecule has 0 aromatic carbocycles. The quantitative estimate of drug-likeness (QED) is 0.928. The van der Waals surface area contributed by atoms with E-state index in [9.17, 15) is 4.79 Å². The fourth-order valence-electron chi connectivity index (χ4n) is 3.05. The molecule has 3 rings (SSSR count). The summed E-state index contributed by atoms with van der Waals surface area (Å²) in [6, 6.07) is 0.438. The SMILES string of the molecule is CC(C)OC1CN(C(=O)Nc2cnn(C3CCCC3)c2)C1. The minimum atomic E-state index is -0.0652. The van der Waals surface area contributed by atoms with Crippen molar-refractivity contribution in [3.63, 3.8) is 0 Å². The number of hydrogen-bond donors (Lipinski definition) is 1. The van der Waals surface area contributed by atoms with E-state index in [1.165, 1.54) is 25.7 Å². The van der Waals surface area contributed by atoms with E-state index < -0.39 is 0 Å². The fraction of sp³-hybridized carbons (Fsp3) is 0.733. The molecule has 0 radical (unpaired) electrons. The maximum atomic E-state index is 12.1. The average Bonchev–Trinajstić information content (AvgIpc) is 3.02. The van der Waals surface area contributed by atoms with Crippen LogP contribution in [0.3, 0.4) is 0 Å². The topological polar surface area (TPSA) is 59.4 Å². The van der Waals surface area contributed by atoms with E-state index in [2.05, 4.69) is 10.4 Å². The Bertz CT molecular complexity index is 488. The van der Waals surface area contributed by atoms with Gasteiger partial charge in [-0.3, -0.25) is 4.68 Å². The van der Waals surface area contributed by atoms with E-state index in [4.69, 9.17) is 4.74 Å². The maximum Gasteiger partial charge on any atom is 0.322 e. The van der Waals surface area contributed by atoms with Crippen molar-refractivity contribution < 1.29 is 9.53 Å². The number of anilines is 1. The van der Waals surface area contributed by atoms with Crippen molar-refractivity contribution in [2.45, 2.75) is 57.8 Å². The first kappa shape index (κ1) is 14.4. The van der Waals surface area contributed by atoms with Crippen LogP contribution in [0.1, 0.15) is 45.6 Å². The number of nitrogens with one attached hydrogen (secondary N) is 1. The monoisotopic (exact) mass is 292 g/mol. The molecule has 1 aromatic heterocycles. The molecule has 0 spiro atoms. The fourth-order valence-corrected chi connectivity index (χ4v) is 3.05. The summed E-state index contributed by atoms with van der Waals surface area (Å²) in [6.45, 7) is 5.36. The highest BCUT2D eigenvalue weighted by Gasteiger charge is 2.32. The van der Waals surface area contributed by atoms with Crippen molar-refractivity contribution in [1.82, 2.24) is 14.7 Å². The van der Waals surface area contributed by atoms with Crippen LogP contribution < -0.4 is 5.32 Å². The van der Waals surface area contributed by atoms with Gasteiger partial charge in [0, 0.05) is 6.20 Å². The highest BCUT2D eigenvalue weighted by molar-refractivity contribution is 5.89. The number of carbonyl (C=O) groups is 1. The van der Waals surface area contributed by atoms with Crippen LogP contribution in [-0.2, 0) is 4.74 Å². The summed E-state index contributed by atoms with van der Waals surface area (Å²) in [6.07, 6.45) is 8.99. The predicted octanol–water partition coefficient (Wildman–Crippen LogP) is 2.64. The third kappa shape index (κ3) is 3.37. The first-order valence-corrected chi connectivity index (χ1v) is 7.87. The van der Waals surface area contributed by atoms with E-state index in [0.29, 0.717) is 19.1 Å². The zero-order valence-electron chi connectivity index (χ0n) is 12.8. The van der Waals surface area contributed by atoms with E-state index in [0.717, 1.165) is 5.69 Å². The average molecular weight is 292 g/mol. The Labute approximate surface area is 125 Å². The molecule has 1 aliphatic carbocycles. The molecular weight excluding hydrogens is 268 g/mol. The minimum absolute atomic E-state index is 0.0652. The van der Waals surface area contributed by atoms with Crippen molar-refractivity contribution in [1.29, 1.82) is 0 Å². The molecule has 0 bridgehead atoms. The van der Waals surface area contributed by atoms with Crippen molar-refractivity contribution in [3.8, 4) is 0 Å². The molecule has 2 heterocycles. The van der Waals surface area contributed by atoms with Crippen molar-refractivity contribution in [2.24, 2.45) is 0 Å². The Morgan fingerprint density at radius 1 is 1.38 bits per heavy atom. The van der Waals surface area contributed by atoms with Crippen LogP contribution in [0.4, 0.5) is 10.5 Å². The van der Waals surface area contributed by atoms with Crippen LogP contribution in [0.5, 0.6) is 0 Å². The largest absolute Gasteiger partial charge is 0.372 e. The molecule has 1 aliphatic heterocycles. The number of nitrogens with zero attached hydrogens (tertiary/aromatic N) is 3. The third-order valence-corrected chi connectivity index (χ3v) is 4.15. The van der Waals surface area contributed by atoms with Crippen LogP contribution in [0.25, 0.3) is 0 Å². The van der Waals surface area contributed by atoms with Crippen LogP contribution >= 0.6 is 0 Å². The van der Waals surface area contributed by atoms with Gasteiger partial charge in [0.15, 0.2) is 0 Å². The van der Waals surface area contributed by atoms with Crippen LogP contribution in [0.15, 0.2) is 12.4 Å². The van der Waals surface area contributed by atoms with Crippen molar-refractivity contribution >= 4 is 11.7 Å². The molecule has 6 nitrogen and oxygen atoms in total. The first-order valence-electron chi connectivity index (χ1n) is 7.87. The van der Waals surface area contributed by atoms with Crippen LogP contribution in [0.2, 0.25) is 0 Å². The van der Waals surface area contributed by atoms with Crippen LogP contribution in [-0.4, -0.2) is 46.0 Å². The van der Waals surface area contributed by atoms with Gasteiger partial charge in [-0.1, -0.05) is 12.8 Å². The molecule has 116 valence electrons. The van der Waals surface area contributed by atoms with Gasteiger partial charge in [-0.05, 0) is 26.7 Å². The summed E-state index contributed by atoms with van der Waals surface area (Å²) in [5.41, 5.74) is 0.778. The van der Waals surface area contributed by atoms with Crippen LogP contribution in [0, 0.1) is 0 Å². The molecule has 1 saturated heterocycles. The minimum Gasteiger partial charge on any atom is -0.372 e. The molecule has 2 amide bonds. The third-order valence-electron chi connectivity index (χ3n) is 4.15. The number of aromatic nitrogens is 2. The van der Waals surface area contributed by atoms with E-state index >= 15 is 0 Å². The predicted molar refractivity (Wildman–Crippen MR) is 80.3 cm³/mol. The highest BCUT2D eigenvalue weighted by Crippen LogP contribution is 2.29. The van der Waals surface area contributed by atoms with Crippen molar-refractivity contribution in [2.75, 3.05) is 18.4 Å². The molecule has 1 N–H and O–H groups in total. The molecule has 1 aromatic rings. The van der Waals surface area contributed by atoms with Crippen molar-refractivity contribution in [3.05, 3.63) is 12.4 Å². The summed E-state index contributed by atoms with van der Waals surface area (Å²) >= 11 is 0. The smallest absolute Gasteiger partial charge is 0.322 e. The zero-order valence-corrected chi connectivity index (χ0v) is 12.8. The molecule has 6 heteroatoms. The van der Waals surface area contributed by atoms with Gasteiger partial charge in [0.25, 0.3) is 0 Å². The van der Waals surface area contributed by atoms with Gasteiger partial charge in [0.05, 0.1) is 43.2 Å². The van der Waals surface area contributed by atoms with E-state index in [1.54, 1.807) is 11.1 Å². The Morgan fingerprint density at radius 2 is 2.10 bits per heavy atom. The number of urea groups is 1. The second-order valence-electron chi connectivity index (χ2n) is 6.29. The molecule has 21 heavy (non-hydrogen) atoms. The Balaban J connectivity index is 1.47. The number of ether oxygens (including phenoxy) is 1. The number of rotatable bonds is 4. The van der Waals surface area contributed by atoms with Gasteiger partial charge in [-0.15, -0.1) is 0 Å². The Kier molecular flexibility index (Phi) is 4.14. The second-order valence-corrected chi connectivity index (χ2v) is 6.29. The highest BCUT2D eigenvalue weighted by atomic mass is 16.5. The normalized spacial score (nSPS) is 20.0. The van der Waals surface area contributed by atoms with Gasteiger partial charge in [-0.2, -0.15) is 5.10 Å². The number of amides is 2. The standard InChI is InChI=1S/C15H24N4O2/c1-11(2)21-14-9-18(10-14)15(20)17-12-7-16-19(8-12)13-5-3-4-6-13/h7-8,11,13-14H,3-6,9-10H2,1-2H3,(H,17,20). The molecule has 1 saturated carbocycles. The van der Waals surface area contributed by atoms with Gasteiger partial charge in [0.1, 0.15) is 0 Å². The van der Waals surface area contributed by atoms with Gasteiger partial charge >= 0.3 is 6.03 Å². The van der Waals surface area contributed by atoms with Gasteiger partial charge in [0.2, 0.25) is 0 Å². The molecule has 0 atom stereocenters. The molecule has 2 aliphatic rings. The lowest BCUT2D eigenvalue weighted by Crippen LogP contribution is -2.56. The lowest BCUT2D eigenvalue weighted by atomic mass is 10.2. The summed E-state index contributed by atoms with van der Waals surface area (Å²) in [5, 5.41) is 7.28. The molecule has 0 unspecified atom stereocenters. The number of carbonyl (C=O) groups excluding carboxylic acids is 1. The van der Waals surface area contributed by atoms with Gasteiger partial charge < -0.3 is 15.0 Å². The summed E-state index contributed by atoms with van der Waals surface area (Å²) in [7, 11) is 0. The number of likely N-dealkylation sites (tertiary alicyclic amines) is 1. The number of hydrogen-bond acceptors (Lipinski definition) is 3. The molecule has 2 fully saturated rings.